The maximum atomic E-state index is 11.4. The van der Waals surface area contributed by atoms with E-state index in [9.17, 15) is 4.79 Å². The Morgan fingerprint density at radius 1 is 0.903 bits per heavy atom. The Hall–Kier alpha value is -2.50. The van der Waals surface area contributed by atoms with Crippen molar-refractivity contribution >= 4 is 12.2 Å². The van der Waals surface area contributed by atoms with Gasteiger partial charge in [-0.3, -0.25) is 9.63 Å². The zero-order chi connectivity index (χ0) is 23.7. The standard InChI is InChI=1S/C19H23NO2.C3H8.C2H5NO.C2H6/c1-22-20-19(21)15-18-13-11-17(12-14-18)10-6-5-9-16-7-3-2-4-8-16;1-3-2;3-1-2-4;1-2/h2-4,7-8,11-14H,5-6,9-10,15H2,1H3,(H,20,21);3H2,1-2H3;2H,1,3H2;1-2H3. The number of hydrogen-bond acceptors (Lipinski definition) is 4. The summed E-state index contributed by atoms with van der Waals surface area (Å²) in [5.74, 6) is -0.127. The van der Waals surface area contributed by atoms with Crippen LogP contribution in [0.5, 0.6) is 0 Å². The van der Waals surface area contributed by atoms with Crippen LogP contribution >= 0.6 is 0 Å². The molecule has 5 heteroatoms. The Morgan fingerprint density at radius 3 is 1.74 bits per heavy atom. The Labute approximate surface area is 189 Å². The third-order valence-electron chi connectivity index (χ3n) is 3.72. The van der Waals surface area contributed by atoms with Crippen LogP contribution in [-0.4, -0.2) is 25.8 Å². The van der Waals surface area contributed by atoms with E-state index in [4.69, 9.17) is 4.79 Å². The van der Waals surface area contributed by atoms with Gasteiger partial charge in [-0.15, -0.1) is 0 Å². The highest BCUT2D eigenvalue weighted by Crippen LogP contribution is 2.11. The normalized spacial score (nSPS) is 8.97. The molecule has 0 saturated heterocycles. The van der Waals surface area contributed by atoms with Crippen LogP contribution in [0.4, 0.5) is 0 Å². The van der Waals surface area contributed by atoms with Gasteiger partial charge in [0.2, 0.25) is 5.91 Å². The number of nitrogens with one attached hydrogen (secondary N) is 1. The number of aldehydes is 1. The minimum atomic E-state index is -0.127. The Morgan fingerprint density at radius 2 is 1.32 bits per heavy atom. The molecular formula is C26H42N2O3. The summed E-state index contributed by atoms with van der Waals surface area (Å²) in [6.45, 7) is 8.39. The molecule has 0 aliphatic carbocycles. The molecule has 174 valence electrons. The maximum absolute atomic E-state index is 11.4. The van der Waals surface area contributed by atoms with E-state index in [-0.39, 0.29) is 12.5 Å². The number of hydrogen-bond donors (Lipinski definition) is 2. The van der Waals surface area contributed by atoms with Crippen LogP contribution in [0.3, 0.4) is 0 Å². The van der Waals surface area contributed by atoms with Gasteiger partial charge in [-0.05, 0) is 42.4 Å². The van der Waals surface area contributed by atoms with Gasteiger partial charge in [0, 0.05) is 6.54 Å². The summed E-state index contributed by atoms with van der Waals surface area (Å²) in [4.78, 5) is 25.1. The molecule has 2 rings (SSSR count). The van der Waals surface area contributed by atoms with E-state index in [1.54, 1.807) is 0 Å². The molecule has 0 unspecified atom stereocenters. The fourth-order valence-corrected chi connectivity index (χ4v) is 2.46. The second-order valence-corrected chi connectivity index (χ2v) is 6.52. The van der Waals surface area contributed by atoms with Crippen molar-refractivity contribution in [3.63, 3.8) is 0 Å². The largest absolute Gasteiger partial charge is 0.324 e. The van der Waals surface area contributed by atoms with Crippen LogP contribution in [0.2, 0.25) is 0 Å². The number of unbranched alkanes of at least 4 members (excludes halogenated alkanes) is 1. The Balaban J connectivity index is 0. The lowest BCUT2D eigenvalue weighted by Crippen LogP contribution is -2.23. The molecule has 31 heavy (non-hydrogen) atoms. The lowest BCUT2D eigenvalue weighted by Gasteiger charge is -2.05. The molecule has 1 amide bonds. The van der Waals surface area contributed by atoms with Crippen molar-refractivity contribution in [3.8, 4) is 0 Å². The first kappa shape index (κ1) is 30.7. The van der Waals surface area contributed by atoms with Gasteiger partial charge in [-0.25, -0.2) is 5.48 Å². The fourth-order valence-electron chi connectivity index (χ4n) is 2.46. The van der Waals surface area contributed by atoms with Gasteiger partial charge in [0.05, 0.1) is 13.5 Å². The van der Waals surface area contributed by atoms with Crippen molar-refractivity contribution in [1.82, 2.24) is 5.48 Å². The second kappa shape index (κ2) is 23.8. The molecule has 0 heterocycles. The molecule has 0 radical (unpaired) electrons. The van der Waals surface area contributed by atoms with E-state index >= 15 is 0 Å². The highest BCUT2D eigenvalue weighted by atomic mass is 16.6. The summed E-state index contributed by atoms with van der Waals surface area (Å²) in [5.41, 5.74) is 10.7. The molecular weight excluding hydrogens is 388 g/mol. The average molecular weight is 431 g/mol. The van der Waals surface area contributed by atoms with Crippen LogP contribution in [0, 0.1) is 0 Å². The number of nitrogens with two attached hydrogens (primary N) is 1. The number of carbonyl (C=O) groups is 2. The summed E-state index contributed by atoms with van der Waals surface area (Å²) in [7, 11) is 1.44. The molecule has 3 N–H and O–H groups in total. The van der Waals surface area contributed by atoms with Crippen LogP contribution < -0.4 is 11.2 Å². The maximum Gasteiger partial charge on any atom is 0.247 e. The average Bonchev–Trinajstić information content (AvgIpc) is 2.81. The van der Waals surface area contributed by atoms with E-state index in [0.717, 1.165) is 18.4 Å². The van der Waals surface area contributed by atoms with Gasteiger partial charge >= 0.3 is 0 Å². The predicted octanol–water partition coefficient (Wildman–Crippen LogP) is 5.06. The Bertz CT molecular complexity index is 643. The number of benzene rings is 2. The van der Waals surface area contributed by atoms with Crippen LogP contribution in [-0.2, 0) is 33.7 Å². The minimum absolute atomic E-state index is 0.127. The van der Waals surface area contributed by atoms with Crippen molar-refractivity contribution in [2.24, 2.45) is 5.73 Å². The minimum Gasteiger partial charge on any atom is -0.324 e. The first-order valence-electron chi connectivity index (χ1n) is 11.2. The number of carbonyl (C=O) groups excluding carboxylic acids is 2. The molecule has 0 aliphatic rings. The number of amides is 1. The van der Waals surface area contributed by atoms with Crippen molar-refractivity contribution in [1.29, 1.82) is 0 Å². The van der Waals surface area contributed by atoms with Gasteiger partial charge in [0.25, 0.3) is 0 Å². The lowest BCUT2D eigenvalue weighted by atomic mass is 10.0. The van der Waals surface area contributed by atoms with Crippen molar-refractivity contribution in [2.45, 2.75) is 66.2 Å². The van der Waals surface area contributed by atoms with Gasteiger partial charge in [-0.2, -0.15) is 0 Å². The van der Waals surface area contributed by atoms with Gasteiger partial charge in [0.15, 0.2) is 0 Å². The Kier molecular flexibility index (Phi) is 23.5. The van der Waals surface area contributed by atoms with Crippen LogP contribution in [0.15, 0.2) is 54.6 Å². The first-order valence-corrected chi connectivity index (χ1v) is 11.2. The quantitative estimate of drug-likeness (QED) is 0.331. The molecule has 2 aromatic rings. The number of rotatable bonds is 9. The summed E-state index contributed by atoms with van der Waals surface area (Å²) in [5, 5.41) is 0. The predicted molar refractivity (Wildman–Crippen MR) is 131 cm³/mol. The summed E-state index contributed by atoms with van der Waals surface area (Å²) < 4.78 is 0. The van der Waals surface area contributed by atoms with E-state index in [0.29, 0.717) is 12.7 Å². The van der Waals surface area contributed by atoms with Crippen LogP contribution in [0.25, 0.3) is 0 Å². The molecule has 2 aromatic carbocycles. The highest BCUT2D eigenvalue weighted by molar-refractivity contribution is 5.77. The molecule has 0 spiro atoms. The van der Waals surface area contributed by atoms with E-state index in [1.807, 2.05) is 26.0 Å². The highest BCUT2D eigenvalue weighted by Gasteiger charge is 2.02. The molecule has 0 atom stereocenters. The van der Waals surface area contributed by atoms with E-state index < -0.39 is 0 Å². The van der Waals surface area contributed by atoms with E-state index in [1.165, 1.54) is 37.5 Å². The summed E-state index contributed by atoms with van der Waals surface area (Å²) in [6.07, 6.45) is 6.84. The fraction of sp³-hybridized carbons (Fsp3) is 0.462. The zero-order valence-electron chi connectivity index (χ0n) is 20.0. The van der Waals surface area contributed by atoms with Crippen molar-refractivity contribution in [2.75, 3.05) is 13.7 Å². The molecule has 0 fully saturated rings. The van der Waals surface area contributed by atoms with E-state index in [2.05, 4.69) is 72.4 Å². The molecule has 0 saturated carbocycles. The SMILES string of the molecule is CC.CCC.CONC(=O)Cc1ccc(CCCCc2ccccc2)cc1.NCC=O. The second-order valence-electron chi connectivity index (χ2n) is 6.52. The van der Waals surface area contributed by atoms with Crippen molar-refractivity contribution in [3.05, 3.63) is 71.3 Å². The van der Waals surface area contributed by atoms with Crippen molar-refractivity contribution < 1.29 is 14.4 Å². The number of hydroxylamine groups is 1. The van der Waals surface area contributed by atoms with Gasteiger partial charge in [-0.1, -0.05) is 88.7 Å². The monoisotopic (exact) mass is 430 g/mol. The van der Waals surface area contributed by atoms with Gasteiger partial charge < -0.3 is 10.5 Å². The molecule has 5 nitrogen and oxygen atoms in total. The number of aryl methyl sites for hydroxylation is 2. The van der Waals surface area contributed by atoms with Gasteiger partial charge in [0.1, 0.15) is 6.29 Å². The molecule has 0 aromatic heterocycles. The van der Waals surface area contributed by atoms with Crippen LogP contribution in [0.1, 0.15) is 63.6 Å². The zero-order valence-corrected chi connectivity index (χ0v) is 20.0. The molecule has 0 aliphatic heterocycles. The third kappa shape index (κ3) is 19.2. The first-order chi connectivity index (χ1) is 15.1. The smallest absolute Gasteiger partial charge is 0.247 e. The topological polar surface area (TPSA) is 81.4 Å². The summed E-state index contributed by atoms with van der Waals surface area (Å²) in [6, 6.07) is 18.8. The summed E-state index contributed by atoms with van der Waals surface area (Å²) >= 11 is 0. The lowest BCUT2D eigenvalue weighted by molar-refractivity contribution is -0.130. The third-order valence-corrected chi connectivity index (χ3v) is 3.72. The molecule has 0 bridgehead atoms.